The predicted molar refractivity (Wildman–Crippen MR) is 81.7 cm³/mol. The second kappa shape index (κ2) is 6.29. The molecule has 0 N–H and O–H groups in total. The first-order valence-electron chi connectivity index (χ1n) is 7.75. The van der Waals surface area contributed by atoms with E-state index in [0.29, 0.717) is 12.5 Å². The number of ether oxygens (including phenoxy) is 1. The molecular formula is C16H17N5O2. The van der Waals surface area contributed by atoms with Crippen LogP contribution in [0.1, 0.15) is 30.3 Å². The summed E-state index contributed by atoms with van der Waals surface area (Å²) in [5, 5.41) is 16.3. The third kappa shape index (κ3) is 3.00. The molecule has 0 atom stereocenters. The van der Waals surface area contributed by atoms with Crippen molar-refractivity contribution >= 4 is 0 Å². The molecule has 0 unspecified atom stereocenters. The van der Waals surface area contributed by atoms with Crippen LogP contribution in [0.2, 0.25) is 0 Å². The summed E-state index contributed by atoms with van der Waals surface area (Å²) in [6.45, 7) is 2.04. The molecule has 7 nitrogen and oxygen atoms in total. The van der Waals surface area contributed by atoms with E-state index in [4.69, 9.17) is 9.26 Å². The van der Waals surface area contributed by atoms with Crippen molar-refractivity contribution < 1.29 is 9.26 Å². The number of nitrogens with zero attached hydrogens (tertiary/aromatic N) is 5. The molecule has 118 valence electrons. The number of aromatic nitrogens is 5. The van der Waals surface area contributed by atoms with E-state index in [1.54, 1.807) is 0 Å². The number of benzene rings is 1. The van der Waals surface area contributed by atoms with Gasteiger partial charge in [0.25, 0.3) is 0 Å². The quantitative estimate of drug-likeness (QED) is 0.735. The third-order valence-electron chi connectivity index (χ3n) is 4.08. The van der Waals surface area contributed by atoms with Crippen LogP contribution >= 0.6 is 0 Å². The number of hydrogen-bond acceptors (Lipinski definition) is 6. The van der Waals surface area contributed by atoms with Gasteiger partial charge in [-0.3, -0.25) is 0 Å². The van der Waals surface area contributed by atoms with Crippen molar-refractivity contribution in [1.29, 1.82) is 0 Å². The first kappa shape index (κ1) is 14.1. The Hall–Kier alpha value is -2.54. The van der Waals surface area contributed by atoms with Crippen LogP contribution < -0.4 is 0 Å². The zero-order chi connectivity index (χ0) is 15.5. The van der Waals surface area contributed by atoms with Crippen molar-refractivity contribution in [3.05, 3.63) is 47.9 Å². The Morgan fingerprint density at radius 2 is 1.96 bits per heavy atom. The molecule has 4 rings (SSSR count). The van der Waals surface area contributed by atoms with Crippen molar-refractivity contribution in [2.45, 2.75) is 25.3 Å². The molecular weight excluding hydrogens is 294 g/mol. The number of tetrazole rings is 1. The molecule has 1 aliphatic rings. The van der Waals surface area contributed by atoms with Gasteiger partial charge >= 0.3 is 0 Å². The molecule has 7 heteroatoms. The predicted octanol–water partition coefficient (Wildman–Crippen LogP) is 2.27. The summed E-state index contributed by atoms with van der Waals surface area (Å²) >= 11 is 0. The van der Waals surface area contributed by atoms with Crippen LogP contribution in [0.3, 0.4) is 0 Å². The normalized spacial score (nSPS) is 15.8. The van der Waals surface area contributed by atoms with Crippen molar-refractivity contribution in [2.24, 2.45) is 0 Å². The van der Waals surface area contributed by atoms with Gasteiger partial charge in [-0.1, -0.05) is 35.5 Å². The Morgan fingerprint density at radius 3 is 2.78 bits per heavy atom. The summed E-state index contributed by atoms with van der Waals surface area (Å²) in [5.41, 5.74) is 1.82. The molecule has 0 spiro atoms. The van der Waals surface area contributed by atoms with Crippen LogP contribution in [0.5, 0.6) is 0 Å². The fourth-order valence-electron chi connectivity index (χ4n) is 2.85. The van der Waals surface area contributed by atoms with E-state index in [1.807, 2.05) is 41.1 Å². The fraction of sp³-hybridized carbons (Fsp3) is 0.375. The van der Waals surface area contributed by atoms with Gasteiger partial charge in [-0.2, -0.15) is 0 Å². The molecule has 1 fully saturated rings. The molecule has 1 saturated heterocycles. The Balaban J connectivity index is 1.53. The molecule has 0 aliphatic carbocycles. The molecule has 0 amide bonds. The van der Waals surface area contributed by atoms with E-state index in [-0.39, 0.29) is 0 Å². The molecule has 0 bridgehead atoms. The van der Waals surface area contributed by atoms with E-state index in [2.05, 4.69) is 20.7 Å². The van der Waals surface area contributed by atoms with Crippen molar-refractivity contribution in [1.82, 2.24) is 25.4 Å². The van der Waals surface area contributed by atoms with Gasteiger partial charge in [-0.15, -0.1) is 5.10 Å². The topological polar surface area (TPSA) is 78.9 Å². The van der Waals surface area contributed by atoms with Crippen molar-refractivity contribution in [2.75, 3.05) is 13.2 Å². The molecule has 0 saturated carbocycles. The second-order valence-corrected chi connectivity index (χ2v) is 5.63. The highest BCUT2D eigenvalue weighted by molar-refractivity contribution is 5.56. The zero-order valence-electron chi connectivity index (χ0n) is 12.6. The molecule has 0 radical (unpaired) electrons. The van der Waals surface area contributed by atoms with Gasteiger partial charge in [0.15, 0.2) is 11.6 Å². The molecule has 23 heavy (non-hydrogen) atoms. The van der Waals surface area contributed by atoms with Gasteiger partial charge in [0.1, 0.15) is 5.69 Å². The maximum Gasteiger partial charge on any atom is 0.167 e. The van der Waals surface area contributed by atoms with Crippen molar-refractivity contribution in [3.8, 4) is 11.3 Å². The minimum atomic E-state index is 0.347. The number of hydrogen-bond donors (Lipinski definition) is 0. The zero-order valence-corrected chi connectivity index (χ0v) is 12.6. The van der Waals surface area contributed by atoms with Gasteiger partial charge in [0, 0.05) is 30.8 Å². The molecule has 1 aliphatic heterocycles. The lowest BCUT2D eigenvalue weighted by Crippen LogP contribution is -2.19. The lowest BCUT2D eigenvalue weighted by atomic mass is 9.99. The lowest BCUT2D eigenvalue weighted by molar-refractivity contribution is 0.0826. The average Bonchev–Trinajstić information content (AvgIpc) is 3.26. The van der Waals surface area contributed by atoms with Crippen LogP contribution in [-0.2, 0) is 11.3 Å². The van der Waals surface area contributed by atoms with E-state index in [9.17, 15) is 0 Å². The molecule has 3 heterocycles. The highest BCUT2D eigenvalue weighted by Crippen LogP contribution is 2.25. The standard InChI is InChI=1S/C16H17N5O2/c1-2-4-12(5-3-1)15-10-14(18-23-15)11-21-16(17-19-20-21)13-6-8-22-9-7-13/h1-5,10,13H,6-9,11H2. The summed E-state index contributed by atoms with van der Waals surface area (Å²) in [4.78, 5) is 0. The van der Waals surface area contributed by atoms with Gasteiger partial charge in [0.2, 0.25) is 0 Å². The van der Waals surface area contributed by atoms with Gasteiger partial charge < -0.3 is 9.26 Å². The smallest absolute Gasteiger partial charge is 0.167 e. The van der Waals surface area contributed by atoms with E-state index >= 15 is 0 Å². The van der Waals surface area contributed by atoms with Crippen LogP contribution in [0.15, 0.2) is 40.9 Å². The first-order chi connectivity index (χ1) is 11.4. The summed E-state index contributed by atoms with van der Waals surface area (Å²) in [6.07, 6.45) is 1.91. The molecule has 3 aromatic rings. The highest BCUT2D eigenvalue weighted by Gasteiger charge is 2.22. The Labute approximate surface area is 133 Å². The minimum absolute atomic E-state index is 0.347. The van der Waals surface area contributed by atoms with Crippen molar-refractivity contribution in [3.63, 3.8) is 0 Å². The second-order valence-electron chi connectivity index (χ2n) is 5.63. The SMILES string of the molecule is c1ccc(-c2cc(Cn3nnnc3C3CCOCC3)no2)cc1. The maximum atomic E-state index is 5.43. The summed E-state index contributed by atoms with van der Waals surface area (Å²) in [6, 6.07) is 11.8. The van der Waals surface area contributed by atoms with E-state index in [0.717, 1.165) is 48.9 Å². The fourth-order valence-corrected chi connectivity index (χ4v) is 2.85. The minimum Gasteiger partial charge on any atom is -0.381 e. The van der Waals surface area contributed by atoms with Gasteiger partial charge in [-0.05, 0) is 23.3 Å². The Bertz CT molecular complexity index is 762. The third-order valence-corrected chi connectivity index (χ3v) is 4.08. The lowest BCUT2D eigenvalue weighted by Gasteiger charge is -2.20. The maximum absolute atomic E-state index is 5.43. The van der Waals surface area contributed by atoms with Gasteiger partial charge in [-0.25, -0.2) is 4.68 Å². The van der Waals surface area contributed by atoms with E-state index in [1.165, 1.54) is 0 Å². The van der Waals surface area contributed by atoms with Crippen LogP contribution in [0.4, 0.5) is 0 Å². The Kier molecular flexibility index (Phi) is 3.85. The van der Waals surface area contributed by atoms with E-state index < -0.39 is 0 Å². The number of rotatable bonds is 4. The van der Waals surface area contributed by atoms with Crippen LogP contribution in [0.25, 0.3) is 11.3 Å². The largest absolute Gasteiger partial charge is 0.381 e. The van der Waals surface area contributed by atoms with Gasteiger partial charge in [0.05, 0.1) is 6.54 Å². The van der Waals surface area contributed by atoms with Crippen LogP contribution in [-0.4, -0.2) is 38.6 Å². The summed E-state index contributed by atoms with van der Waals surface area (Å²) < 4.78 is 12.6. The molecule has 2 aromatic heterocycles. The Morgan fingerprint density at radius 1 is 1.13 bits per heavy atom. The average molecular weight is 311 g/mol. The highest BCUT2D eigenvalue weighted by atomic mass is 16.5. The summed E-state index contributed by atoms with van der Waals surface area (Å²) in [7, 11) is 0. The molecule has 1 aromatic carbocycles. The summed E-state index contributed by atoms with van der Waals surface area (Å²) in [5.74, 6) is 2.00. The monoisotopic (exact) mass is 311 g/mol. The first-order valence-corrected chi connectivity index (χ1v) is 7.75. The van der Waals surface area contributed by atoms with Crippen LogP contribution in [0, 0.1) is 0 Å².